The first kappa shape index (κ1) is 15.5. The monoisotopic (exact) mass is 286 g/mol. The number of rotatable bonds is 6. The number of sulfonamides is 1. The third-order valence-electron chi connectivity index (χ3n) is 2.47. The minimum atomic E-state index is -3.36. The van der Waals surface area contributed by atoms with Crippen LogP contribution in [0.3, 0.4) is 0 Å². The molecule has 0 unspecified atom stereocenters. The highest BCUT2D eigenvalue weighted by atomic mass is 32.2. The zero-order valence-electron chi connectivity index (χ0n) is 11.2. The summed E-state index contributed by atoms with van der Waals surface area (Å²) < 4.78 is 29.7. The molecule has 0 fully saturated rings. The zero-order chi connectivity index (χ0) is 14.5. The summed E-state index contributed by atoms with van der Waals surface area (Å²) >= 11 is 0. The maximum absolute atomic E-state index is 11.9. The van der Waals surface area contributed by atoms with Crippen molar-refractivity contribution < 1.29 is 17.9 Å². The van der Waals surface area contributed by atoms with Gasteiger partial charge in [0.15, 0.2) is 0 Å². The summed E-state index contributed by atoms with van der Waals surface area (Å²) in [6, 6.07) is 4.89. The molecule has 1 aromatic rings. The van der Waals surface area contributed by atoms with Gasteiger partial charge in [-0.25, -0.2) is 8.42 Å². The molecule has 106 valence electrons. The molecule has 0 saturated carbocycles. The van der Waals surface area contributed by atoms with Gasteiger partial charge < -0.3 is 10.1 Å². The van der Waals surface area contributed by atoms with Crippen molar-refractivity contribution in [3.8, 4) is 0 Å². The van der Waals surface area contributed by atoms with Crippen LogP contribution < -0.4 is 10.0 Å². The minimum absolute atomic E-state index is 0.258. The molecule has 0 atom stereocenters. The summed E-state index contributed by atoms with van der Waals surface area (Å²) in [4.78, 5) is 11.9. The molecule has 0 saturated heterocycles. The molecule has 2 N–H and O–H groups in total. The van der Waals surface area contributed by atoms with Gasteiger partial charge in [0, 0.05) is 19.2 Å². The number of methoxy groups -OCH3 is 1. The highest BCUT2D eigenvalue weighted by Crippen LogP contribution is 2.19. The van der Waals surface area contributed by atoms with Crippen LogP contribution in [0.4, 0.5) is 5.69 Å². The van der Waals surface area contributed by atoms with Gasteiger partial charge in [-0.05, 0) is 24.6 Å². The molecule has 0 spiro atoms. The fourth-order valence-electron chi connectivity index (χ4n) is 1.55. The fraction of sp³-hybridized carbons (Fsp3) is 0.417. The van der Waals surface area contributed by atoms with E-state index in [0.717, 1.165) is 6.26 Å². The average Bonchev–Trinajstić information content (AvgIpc) is 2.30. The van der Waals surface area contributed by atoms with Crippen LogP contribution >= 0.6 is 0 Å². The Hall–Kier alpha value is -1.60. The number of hydrogen-bond acceptors (Lipinski definition) is 4. The average molecular weight is 286 g/mol. The van der Waals surface area contributed by atoms with Gasteiger partial charge in [0.05, 0.1) is 18.6 Å². The highest BCUT2D eigenvalue weighted by Gasteiger charge is 2.13. The third-order valence-corrected chi connectivity index (χ3v) is 3.06. The van der Waals surface area contributed by atoms with Crippen molar-refractivity contribution in [1.29, 1.82) is 0 Å². The first-order valence-electron chi connectivity index (χ1n) is 5.69. The third kappa shape index (κ3) is 4.88. The Bertz CT molecular complexity index is 555. The summed E-state index contributed by atoms with van der Waals surface area (Å²) in [6.45, 7) is 2.52. The van der Waals surface area contributed by atoms with E-state index in [0.29, 0.717) is 30.0 Å². The van der Waals surface area contributed by atoms with Crippen LogP contribution in [0.15, 0.2) is 18.2 Å². The van der Waals surface area contributed by atoms with E-state index in [1.165, 1.54) is 0 Å². The van der Waals surface area contributed by atoms with Crippen LogP contribution in [-0.2, 0) is 14.8 Å². The van der Waals surface area contributed by atoms with Crippen LogP contribution in [-0.4, -0.2) is 40.8 Å². The number of ether oxygens (including phenoxy) is 1. The molecule has 0 radical (unpaired) electrons. The van der Waals surface area contributed by atoms with Crippen LogP contribution in [0.2, 0.25) is 0 Å². The summed E-state index contributed by atoms with van der Waals surface area (Å²) in [5.74, 6) is -0.258. The second-order valence-electron chi connectivity index (χ2n) is 4.10. The predicted molar refractivity (Wildman–Crippen MR) is 73.9 cm³/mol. The van der Waals surface area contributed by atoms with E-state index in [1.54, 1.807) is 32.2 Å². The summed E-state index contributed by atoms with van der Waals surface area (Å²) in [7, 11) is -1.82. The molecular formula is C12H18N2O4S. The molecule has 0 aromatic heterocycles. The van der Waals surface area contributed by atoms with Crippen molar-refractivity contribution in [1.82, 2.24) is 5.32 Å². The first-order chi connectivity index (χ1) is 8.85. The van der Waals surface area contributed by atoms with Crippen molar-refractivity contribution in [3.63, 3.8) is 0 Å². The quantitative estimate of drug-likeness (QED) is 0.756. The standard InChI is InChI=1S/C12H18N2O4S/c1-9-10(12(15)13-7-8-18-2)5-4-6-11(9)14-19(3,16)17/h4-6,14H,7-8H2,1-3H3,(H,13,15). The van der Waals surface area contributed by atoms with E-state index in [4.69, 9.17) is 4.74 Å². The number of carbonyl (C=O) groups is 1. The van der Waals surface area contributed by atoms with E-state index in [2.05, 4.69) is 10.0 Å². The lowest BCUT2D eigenvalue weighted by atomic mass is 10.1. The Morgan fingerprint density at radius 3 is 2.63 bits per heavy atom. The van der Waals surface area contributed by atoms with Gasteiger partial charge in [0.25, 0.3) is 5.91 Å². The Morgan fingerprint density at radius 1 is 1.37 bits per heavy atom. The number of amides is 1. The molecule has 7 heteroatoms. The lowest BCUT2D eigenvalue weighted by molar-refractivity contribution is 0.0936. The lowest BCUT2D eigenvalue weighted by Crippen LogP contribution is -2.27. The number of carbonyl (C=O) groups excluding carboxylic acids is 1. The van der Waals surface area contributed by atoms with Crippen LogP contribution in [0, 0.1) is 6.92 Å². The van der Waals surface area contributed by atoms with Crippen LogP contribution in [0.25, 0.3) is 0 Å². The number of nitrogens with one attached hydrogen (secondary N) is 2. The molecule has 6 nitrogen and oxygen atoms in total. The molecule has 1 rings (SSSR count). The highest BCUT2D eigenvalue weighted by molar-refractivity contribution is 7.92. The normalized spacial score (nSPS) is 11.1. The molecule has 0 bridgehead atoms. The molecule has 1 amide bonds. The van der Waals surface area contributed by atoms with Gasteiger partial charge in [0.1, 0.15) is 0 Å². The van der Waals surface area contributed by atoms with E-state index in [-0.39, 0.29) is 5.91 Å². The van der Waals surface area contributed by atoms with Gasteiger partial charge in [-0.1, -0.05) is 6.07 Å². The largest absolute Gasteiger partial charge is 0.383 e. The number of benzene rings is 1. The summed E-state index contributed by atoms with van der Waals surface area (Å²) in [6.07, 6.45) is 1.07. The smallest absolute Gasteiger partial charge is 0.251 e. The van der Waals surface area contributed by atoms with Gasteiger partial charge in [-0.3, -0.25) is 9.52 Å². The van der Waals surface area contributed by atoms with Crippen molar-refractivity contribution in [3.05, 3.63) is 29.3 Å². The van der Waals surface area contributed by atoms with E-state index in [1.807, 2.05) is 0 Å². The van der Waals surface area contributed by atoms with Crippen molar-refractivity contribution in [2.45, 2.75) is 6.92 Å². The van der Waals surface area contributed by atoms with Gasteiger partial charge in [-0.15, -0.1) is 0 Å². The molecule has 0 aliphatic heterocycles. The lowest BCUT2D eigenvalue weighted by Gasteiger charge is -2.12. The Kier molecular flexibility index (Phi) is 5.31. The van der Waals surface area contributed by atoms with Crippen molar-refractivity contribution >= 4 is 21.6 Å². The molecular weight excluding hydrogens is 268 g/mol. The zero-order valence-corrected chi connectivity index (χ0v) is 12.0. The maximum atomic E-state index is 11.9. The topological polar surface area (TPSA) is 84.5 Å². The predicted octanol–water partition coefficient (Wildman–Crippen LogP) is 0.743. The Labute approximate surface area is 113 Å². The van der Waals surface area contributed by atoms with Gasteiger partial charge >= 0.3 is 0 Å². The Balaban J connectivity index is 2.91. The first-order valence-corrected chi connectivity index (χ1v) is 7.59. The second-order valence-corrected chi connectivity index (χ2v) is 5.85. The Morgan fingerprint density at radius 2 is 2.05 bits per heavy atom. The van der Waals surface area contributed by atoms with Gasteiger partial charge in [0.2, 0.25) is 10.0 Å². The van der Waals surface area contributed by atoms with Crippen LogP contribution in [0.5, 0.6) is 0 Å². The summed E-state index contributed by atoms with van der Waals surface area (Å²) in [5.41, 5.74) is 1.43. The van der Waals surface area contributed by atoms with Crippen molar-refractivity contribution in [2.75, 3.05) is 31.2 Å². The maximum Gasteiger partial charge on any atom is 0.251 e. The van der Waals surface area contributed by atoms with E-state index in [9.17, 15) is 13.2 Å². The van der Waals surface area contributed by atoms with E-state index < -0.39 is 10.0 Å². The molecule has 1 aromatic carbocycles. The SMILES string of the molecule is COCCNC(=O)c1cccc(NS(C)(=O)=O)c1C. The molecule has 0 aliphatic rings. The van der Waals surface area contributed by atoms with Gasteiger partial charge in [-0.2, -0.15) is 0 Å². The number of anilines is 1. The van der Waals surface area contributed by atoms with E-state index >= 15 is 0 Å². The molecule has 0 heterocycles. The minimum Gasteiger partial charge on any atom is -0.383 e. The summed E-state index contributed by atoms with van der Waals surface area (Å²) in [5, 5.41) is 2.69. The fourth-order valence-corrected chi connectivity index (χ4v) is 2.17. The van der Waals surface area contributed by atoms with Crippen molar-refractivity contribution in [2.24, 2.45) is 0 Å². The van der Waals surface area contributed by atoms with Crippen LogP contribution in [0.1, 0.15) is 15.9 Å². The number of hydrogen-bond donors (Lipinski definition) is 2. The molecule has 19 heavy (non-hydrogen) atoms. The second kappa shape index (κ2) is 6.53. The molecule has 0 aliphatic carbocycles.